The molecule has 0 spiro atoms. The van der Waals surface area contributed by atoms with Crippen molar-refractivity contribution in [3.05, 3.63) is 38.4 Å². The van der Waals surface area contributed by atoms with Crippen molar-refractivity contribution in [1.82, 2.24) is 5.32 Å². The molecule has 132 valence electrons. The minimum Gasteiger partial charge on any atom is -0.502 e. The molecule has 0 saturated heterocycles. The van der Waals surface area contributed by atoms with E-state index in [-0.39, 0.29) is 22.2 Å². The molecule has 2 rings (SSSR count). The standard InChI is InChI=1S/C17H18ClN3O4/c1-10-4-2-3-5-14(10)20-17(23)12(9-19)6-11-7-13(18)8-15(16(11)22)21(24)25/h6-8,10,14,22H,2-5H2,1H3,(H,20,23). The van der Waals surface area contributed by atoms with Crippen LogP contribution in [-0.2, 0) is 4.79 Å². The lowest BCUT2D eigenvalue weighted by molar-refractivity contribution is -0.385. The number of phenolic OH excluding ortho intramolecular Hbond substituents is 1. The molecule has 1 aromatic rings. The Morgan fingerprint density at radius 1 is 1.48 bits per heavy atom. The zero-order valence-corrected chi connectivity index (χ0v) is 14.4. The first-order valence-corrected chi connectivity index (χ1v) is 8.30. The summed E-state index contributed by atoms with van der Waals surface area (Å²) < 4.78 is 0. The van der Waals surface area contributed by atoms with Crippen molar-refractivity contribution < 1.29 is 14.8 Å². The van der Waals surface area contributed by atoms with Gasteiger partial charge in [0.15, 0.2) is 0 Å². The van der Waals surface area contributed by atoms with E-state index in [1.807, 2.05) is 6.92 Å². The lowest BCUT2D eigenvalue weighted by atomic mass is 9.86. The van der Waals surface area contributed by atoms with E-state index in [4.69, 9.17) is 11.6 Å². The Kier molecular flexibility index (Phi) is 5.99. The van der Waals surface area contributed by atoms with Gasteiger partial charge >= 0.3 is 5.69 Å². The zero-order chi connectivity index (χ0) is 18.6. The van der Waals surface area contributed by atoms with Gasteiger partial charge in [-0.1, -0.05) is 31.4 Å². The third-order valence-electron chi connectivity index (χ3n) is 4.37. The van der Waals surface area contributed by atoms with Crippen LogP contribution in [0, 0.1) is 27.4 Å². The first-order valence-electron chi connectivity index (χ1n) is 7.93. The number of nitro benzene ring substituents is 1. The Morgan fingerprint density at radius 2 is 2.16 bits per heavy atom. The predicted molar refractivity (Wildman–Crippen MR) is 92.9 cm³/mol. The average Bonchev–Trinajstić information content (AvgIpc) is 2.56. The second kappa shape index (κ2) is 7.99. The van der Waals surface area contributed by atoms with E-state index >= 15 is 0 Å². The molecule has 2 atom stereocenters. The molecule has 7 nitrogen and oxygen atoms in total. The number of hydrogen-bond acceptors (Lipinski definition) is 5. The van der Waals surface area contributed by atoms with Crippen molar-refractivity contribution in [2.24, 2.45) is 5.92 Å². The van der Waals surface area contributed by atoms with Gasteiger partial charge in [0.05, 0.1) is 4.92 Å². The van der Waals surface area contributed by atoms with Crippen LogP contribution >= 0.6 is 11.6 Å². The summed E-state index contributed by atoms with van der Waals surface area (Å²) in [6.07, 6.45) is 5.10. The van der Waals surface area contributed by atoms with Crippen molar-refractivity contribution in [2.45, 2.75) is 38.6 Å². The highest BCUT2D eigenvalue weighted by Gasteiger charge is 2.25. The summed E-state index contributed by atoms with van der Waals surface area (Å²) in [6, 6.07) is 4.03. The molecule has 1 saturated carbocycles. The first kappa shape index (κ1) is 18.7. The highest BCUT2D eigenvalue weighted by Crippen LogP contribution is 2.34. The number of nitriles is 1. The normalized spacial score (nSPS) is 20.6. The molecule has 0 heterocycles. The molecule has 2 unspecified atom stereocenters. The highest BCUT2D eigenvalue weighted by atomic mass is 35.5. The Morgan fingerprint density at radius 3 is 2.76 bits per heavy atom. The summed E-state index contributed by atoms with van der Waals surface area (Å²) in [5, 5.41) is 33.0. The summed E-state index contributed by atoms with van der Waals surface area (Å²) >= 11 is 5.82. The monoisotopic (exact) mass is 363 g/mol. The molecule has 1 aromatic carbocycles. The Balaban J connectivity index is 2.29. The van der Waals surface area contributed by atoms with E-state index < -0.39 is 22.3 Å². The van der Waals surface area contributed by atoms with Crippen molar-refractivity contribution in [1.29, 1.82) is 5.26 Å². The number of benzene rings is 1. The predicted octanol–water partition coefficient (Wildman–Crippen LogP) is 3.56. The fourth-order valence-electron chi connectivity index (χ4n) is 2.94. The number of rotatable bonds is 4. The topological polar surface area (TPSA) is 116 Å². The van der Waals surface area contributed by atoms with E-state index in [9.17, 15) is 25.3 Å². The van der Waals surface area contributed by atoms with Gasteiger partial charge in [-0.2, -0.15) is 5.26 Å². The van der Waals surface area contributed by atoms with Crippen LogP contribution in [0.4, 0.5) is 5.69 Å². The Hall–Kier alpha value is -2.59. The number of carbonyl (C=O) groups excluding carboxylic acids is 1. The third kappa shape index (κ3) is 4.48. The van der Waals surface area contributed by atoms with Crippen LogP contribution in [0.5, 0.6) is 5.75 Å². The Labute approximate surface area is 150 Å². The minimum atomic E-state index is -0.783. The summed E-state index contributed by atoms with van der Waals surface area (Å²) in [5.74, 6) is -0.887. The summed E-state index contributed by atoms with van der Waals surface area (Å²) in [5.41, 5.74) is -0.885. The van der Waals surface area contributed by atoms with E-state index in [2.05, 4.69) is 5.32 Å². The molecule has 25 heavy (non-hydrogen) atoms. The van der Waals surface area contributed by atoms with E-state index in [0.29, 0.717) is 5.92 Å². The zero-order valence-electron chi connectivity index (χ0n) is 13.7. The van der Waals surface area contributed by atoms with Crippen LogP contribution in [-0.4, -0.2) is 22.0 Å². The maximum absolute atomic E-state index is 12.4. The maximum atomic E-state index is 12.4. The van der Waals surface area contributed by atoms with E-state index in [1.54, 1.807) is 6.07 Å². The molecule has 8 heteroatoms. The number of amides is 1. The van der Waals surface area contributed by atoms with Gasteiger partial charge in [0.2, 0.25) is 5.75 Å². The number of nitro groups is 1. The van der Waals surface area contributed by atoms with Gasteiger partial charge in [0.25, 0.3) is 5.91 Å². The van der Waals surface area contributed by atoms with E-state index in [1.165, 1.54) is 6.07 Å². The molecule has 1 aliphatic carbocycles. The molecular formula is C17H18ClN3O4. The van der Waals surface area contributed by atoms with Crippen molar-refractivity contribution in [3.8, 4) is 11.8 Å². The highest BCUT2D eigenvalue weighted by molar-refractivity contribution is 6.31. The van der Waals surface area contributed by atoms with Crippen LogP contribution in [0.25, 0.3) is 6.08 Å². The summed E-state index contributed by atoms with van der Waals surface area (Å²) in [4.78, 5) is 22.5. The molecule has 1 fully saturated rings. The lowest BCUT2D eigenvalue weighted by Crippen LogP contribution is -2.41. The fraction of sp³-hybridized carbons (Fsp3) is 0.412. The number of carbonyl (C=O) groups is 1. The minimum absolute atomic E-state index is 0.0136. The van der Waals surface area contributed by atoms with Gasteiger partial charge in [0.1, 0.15) is 11.6 Å². The number of nitrogens with zero attached hydrogens (tertiary/aromatic N) is 2. The van der Waals surface area contributed by atoms with Crippen LogP contribution in [0.1, 0.15) is 38.2 Å². The smallest absolute Gasteiger partial charge is 0.312 e. The molecule has 1 aliphatic rings. The number of hydrogen-bond donors (Lipinski definition) is 2. The number of nitrogens with one attached hydrogen (secondary N) is 1. The van der Waals surface area contributed by atoms with Gasteiger partial charge < -0.3 is 10.4 Å². The van der Waals surface area contributed by atoms with Gasteiger partial charge in [-0.05, 0) is 30.9 Å². The van der Waals surface area contributed by atoms with Crippen LogP contribution in [0.3, 0.4) is 0 Å². The largest absolute Gasteiger partial charge is 0.502 e. The van der Waals surface area contributed by atoms with Crippen LogP contribution in [0.2, 0.25) is 5.02 Å². The molecule has 0 bridgehead atoms. The van der Waals surface area contributed by atoms with Gasteiger partial charge in [-0.3, -0.25) is 14.9 Å². The quantitative estimate of drug-likeness (QED) is 0.367. The lowest BCUT2D eigenvalue weighted by Gasteiger charge is -2.29. The van der Waals surface area contributed by atoms with Gasteiger partial charge in [-0.15, -0.1) is 0 Å². The van der Waals surface area contributed by atoms with Crippen molar-refractivity contribution in [3.63, 3.8) is 0 Å². The maximum Gasteiger partial charge on any atom is 0.312 e. The number of aromatic hydroxyl groups is 1. The second-order valence-corrected chi connectivity index (χ2v) is 6.57. The Bertz CT molecular complexity index is 770. The molecule has 1 amide bonds. The summed E-state index contributed by atoms with van der Waals surface area (Å²) in [6.45, 7) is 2.05. The van der Waals surface area contributed by atoms with Crippen LogP contribution in [0.15, 0.2) is 17.7 Å². The molecule has 0 aliphatic heterocycles. The van der Waals surface area contributed by atoms with E-state index in [0.717, 1.165) is 37.8 Å². The molecular weight excluding hydrogens is 346 g/mol. The third-order valence-corrected chi connectivity index (χ3v) is 4.59. The first-order chi connectivity index (χ1) is 11.8. The molecule has 0 aromatic heterocycles. The number of phenols is 1. The fourth-order valence-corrected chi connectivity index (χ4v) is 3.16. The SMILES string of the molecule is CC1CCCCC1NC(=O)C(C#N)=Cc1cc(Cl)cc([N+](=O)[O-])c1O. The summed E-state index contributed by atoms with van der Waals surface area (Å²) in [7, 11) is 0. The second-order valence-electron chi connectivity index (χ2n) is 6.13. The number of halogens is 1. The molecule has 0 radical (unpaired) electrons. The van der Waals surface area contributed by atoms with Crippen molar-refractivity contribution in [2.75, 3.05) is 0 Å². The van der Waals surface area contributed by atoms with Gasteiger partial charge in [0, 0.05) is 22.7 Å². The van der Waals surface area contributed by atoms with Crippen LogP contribution < -0.4 is 5.32 Å². The van der Waals surface area contributed by atoms with Crippen molar-refractivity contribution >= 4 is 29.3 Å². The average molecular weight is 364 g/mol. The molecule has 2 N–H and O–H groups in total. The van der Waals surface area contributed by atoms with Gasteiger partial charge in [-0.25, -0.2) is 0 Å².